The fourth-order valence-corrected chi connectivity index (χ4v) is 1.63. The summed E-state index contributed by atoms with van der Waals surface area (Å²) in [5, 5.41) is 30.7. The fraction of sp³-hybridized carbons (Fsp3) is 0.333. The lowest BCUT2D eigenvalue weighted by atomic mass is 9.98. The van der Waals surface area contributed by atoms with E-state index in [0.29, 0.717) is 6.07 Å². The van der Waals surface area contributed by atoms with E-state index in [1.54, 1.807) is 0 Å². The number of carboxylic acid groups (broad SMARTS) is 1. The van der Waals surface area contributed by atoms with Crippen LogP contribution in [-0.4, -0.2) is 39.8 Å². The Hall–Kier alpha value is -2.19. The van der Waals surface area contributed by atoms with Gasteiger partial charge in [0.2, 0.25) is 5.91 Å². The zero-order chi connectivity index (χ0) is 15.4. The average Bonchev–Trinajstić information content (AvgIpc) is 2.36. The number of carbonyl (C=O) groups excluding carboxylic acids is 1. The van der Waals surface area contributed by atoms with E-state index in [9.17, 15) is 24.2 Å². The van der Waals surface area contributed by atoms with E-state index in [1.807, 2.05) is 0 Å². The number of carbonyl (C=O) groups is 2. The van der Waals surface area contributed by atoms with Gasteiger partial charge < -0.3 is 26.4 Å². The SMILES string of the molecule is CC(=O)NCC(O)C(O)c1cc(F)cc(C(=O)O)c1N. The molecule has 8 heteroatoms. The summed E-state index contributed by atoms with van der Waals surface area (Å²) in [6.45, 7) is 0.938. The van der Waals surface area contributed by atoms with Gasteiger partial charge in [0.1, 0.15) is 18.0 Å². The Balaban J connectivity index is 3.06. The van der Waals surface area contributed by atoms with Crippen LogP contribution in [0.4, 0.5) is 10.1 Å². The van der Waals surface area contributed by atoms with Crippen LogP contribution in [0.15, 0.2) is 12.1 Å². The number of hydrogen-bond donors (Lipinski definition) is 5. The van der Waals surface area contributed by atoms with Crippen molar-refractivity contribution < 1.29 is 29.3 Å². The second-order valence-corrected chi connectivity index (χ2v) is 4.21. The molecule has 0 heterocycles. The molecular formula is C12H15FN2O5. The van der Waals surface area contributed by atoms with Crippen molar-refractivity contribution in [2.24, 2.45) is 0 Å². The summed E-state index contributed by atoms with van der Waals surface area (Å²) in [6, 6.07) is 1.55. The number of nitrogens with one attached hydrogen (secondary N) is 1. The van der Waals surface area contributed by atoms with Crippen LogP contribution in [0, 0.1) is 5.82 Å². The molecule has 0 bridgehead atoms. The lowest BCUT2D eigenvalue weighted by Gasteiger charge is -2.20. The van der Waals surface area contributed by atoms with Crippen molar-refractivity contribution in [3.63, 3.8) is 0 Å². The van der Waals surface area contributed by atoms with Crippen LogP contribution in [0.3, 0.4) is 0 Å². The summed E-state index contributed by atoms with van der Waals surface area (Å²) in [7, 11) is 0. The molecule has 2 unspecified atom stereocenters. The van der Waals surface area contributed by atoms with Gasteiger partial charge in [0.25, 0.3) is 0 Å². The van der Waals surface area contributed by atoms with Crippen LogP contribution in [0.5, 0.6) is 0 Å². The third-order valence-electron chi connectivity index (χ3n) is 2.65. The molecule has 0 saturated heterocycles. The van der Waals surface area contributed by atoms with E-state index in [4.69, 9.17) is 10.8 Å². The minimum atomic E-state index is -1.63. The summed E-state index contributed by atoms with van der Waals surface area (Å²) >= 11 is 0. The number of nitrogen functional groups attached to an aromatic ring is 1. The number of rotatable bonds is 5. The maximum absolute atomic E-state index is 13.3. The first kappa shape index (κ1) is 15.9. The van der Waals surface area contributed by atoms with Gasteiger partial charge in [-0.1, -0.05) is 0 Å². The number of aliphatic hydroxyl groups excluding tert-OH is 2. The van der Waals surface area contributed by atoms with Crippen molar-refractivity contribution >= 4 is 17.6 Å². The summed E-state index contributed by atoms with van der Waals surface area (Å²) in [6.07, 6.45) is -3.08. The van der Waals surface area contributed by atoms with Gasteiger partial charge in [-0.15, -0.1) is 0 Å². The van der Waals surface area contributed by atoms with Crippen molar-refractivity contribution in [1.29, 1.82) is 0 Å². The second-order valence-electron chi connectivity index (χ2n) is 4.21. The molecular weight excluding hydrogens is 271 g/mol. The van der Waals surface area contributed by atoms with Crippen molar-refractivity contribution in [3.8, 4) is 0 Å². The highest BCUT2D eigenvalue weighted by Gasteiger charge is 2.24. The number of amides is 1. The van der Waals surface area contributed by atoms with Crippen molar-refractivity contribution in [2.45, 2.75) is 19.1 Å². The highest BCUT2D eigenvalue weighted by atomic mass is 19.1. The molecule has 110 valence electrons. The molecule has 0 radical (unpaired) electrons. The monoisotopic (exact) mass is 286 g/mol. The minimum Gasteiger partial charge on any atom is -0.478 e. The van der Waals surface area contributed by atoms with E-state index in [-0.39, 0.29) is 17.8 Å². The predicted molar refractivity (Wildman–Crippen MR) is 67.4 cm³/mol. The summed E-state index contributed by atoms with van der Waals surface area (Å²) in [5.74, 6) is -2.78. The van der Waals surface area contributed by atoms with Gasteiger partial charge in [0.05, 0.1) is 11.3 Å². The largest absolute Gasteiger partial charge is 0.478 e. The van der Waals surface area contributed by atoms with Gasteiger partial charge in [-0.2, -0.15) is 0 Å². The standard InChI is InChI=1S/C12H15FN2O5/c1-5(16)15-4-9(17)11(18)7-2-6(13)3-8(10(7)14)12(19)20/h2-3,9,11,17-18H,4,14H2,1H3,(H,15,16)(H,19,20). The van der Waals surface area contributed by atoms with Gasteiger partial charge in [0.15, 0.2) is 0 Å². The molecule has 2 atom stereocenters. The number of anilines is 1. The third-order valence-corrected chi connectivity index (χ3v) is 2.65. The summed E-state index contributed by atoms with van der Waals surface area (Å²) < 4.78 is 13.3. The molecule has 0 spiro atoms. The lowest BCUT2D eigenvalue weighted by Crippen LogP contribution is -2.34. The van der Waals surface area contributed by atoms with Gasteiger partial charge in [-0.25, -0.2) is 9.18 Å². The molecule has 6 N–H and O–H groups in total. The second kappa shape index (κ2) is 6.31. The zero-order valence-corrected chi connectivity index (χ0v) is 10.6. The molecule has 1 aromatic carbocycles. The molecule has 0 fully saturated rings. The maximum atomic E-state index is 13.3. The Morgan fingerprint density at radius 3 is 2.50 bits per heavy atom. The Bertz CT molecular complexity index is 535. The number of benzene rings is 1. The molecule has 1 amide bonds. The van der Waals surface area contributed by atoms with Crippen LogP contribution in [0.1, 0.15) is 28.9 Å². The summed E-state index contributed by atoms with van der Waals surface area (Å²) in [5.41, 5.74) is 4.44. The maximum Gasteiger partial charge on any atom is 0.337 e. The number of aliphatic hydroxyl groups is 2. The van der Waals surface area contributed by atoms with E-state index in [2.05, 4.69) is 5.32 Å². The molecule has 0 aliphatic carbocycles. The number of nitrogens with two attached hydrogens (primary N) is 1. The lowest BCUT2D eigenvalue weighted by molar-refractivity contribution is -0.119. The molecule has 0 aromatic heterocycles. The molecule has 20 heavy (non-hydrogen) atoms. The normalized spacial score (nSPS) is 13.6. The third kappa shape index (κ3) is 3.65. The number of carboxylic acids is 1. The molecule has 1 aromatic rings. The Kier molecular flexibility index (Phi) is 5.00. The van der Waals surface area contributed by atoms with E-state index in [0.717, 1.165) is 6.07 Å². The number of hydrogen-bond acceptors (Lipinski definition) is 5. The van der Waals surface area contributed by atoms with Crippen LogP contribution in [0.2, 0.25) is 0 Å². The quantitative estimate of drug-likeness (QED) is 0.469. The first-order valence-electron chi connectivity index (χ1n) is 5.66. The molecule has 0 aliphatic heterocycles. The Morgan fingerprint density at radius 1 is 1.40 bits per heavy atom. The van der Waals surface area contributed by atoms with Crippen LogP contribution in [-0.2, 0) is 4.79 Å². The average molecular weight is 286 g/mol. The summed E-state index contributed by atoms with van der Waals surface area (Å²) in [4.78, 5) is 21.6. The first-order valence-corrected chi connectivity index (χ1v) is 5.66. The van der Waals surface area contributed by atoms with Gasteiger partial charge in [-0.05, 0) is 12.1 Å². The van der Waals surface area contributed by atoms with Crippen molar-refractivity contribution in [1.82, 2.24) is 5.32 Å². The Morgan fingerprint density at radius 2 is 2.00 bits per heavy atom. The highest BCUT2D eigenvalue weighted by molar-refractivity contribution is 5.94. The predicted octanol–water partition coefficient (Wildman–Crippen LogP) is -0.364. The van der Waals surface area contributed by atoms with Gasteiger partial charge in [-0.3, -0.25) is 4.79 Å². The number of aromatic carboxylic acids is 1. The van der Waals surface area contributed by atoms with Crippen LogP contribution < -0.4 is 11.1 Å². The fourth-order valence-electron chi connectivity index (χ4n) is 1.63. The Labute approximate surface area is 113 Å². The van der Waals surface area contributed by atoms with Gasteiger partial charge in [0, 0.05) is 19.0 Å². The topological polar surface area (TPSA) is 133 Å². The molecule has 1 rings (SSSR count). The zero-order valence-electron chi connectivity index (χ0n) is 10.6. The number of halogens is 1. The van der Waals surface area contributed by atoms with E-state index < -0.39 is 35.5 Å². The highest BCUT2D eigenvalue weighted by Crippen LogP contribution is 2.27. The molecule has 0 aliphatic rings. The van der Waals surface area contributed by atoms with Crippen LogP contribution >= 0.6 is 0 Å². The van der Waals surface area contributed by atoms with Crippen molar-refractivity contribution in [2.75, 3.05) is 12.3 Å². The smallest absolute Gasteiger partial charge is 0.337 e. The molecule has 0 saturated carbocycles. The molecule has 7 nitrogen and oxygen atoms in total. The van der Waals surface area contributed by atoms with Crippen LogP contribution in [0.25, 0.3) is 0 Å². The van der Waals surface area contributed by atoms with E-state index in [1.165, 1.54) is 6.92 Å². The minimum absolute atomic E-state index is 0.250. The first-order chi connectivity index (χ1) is 9.23. The van der Waals surface area contributed by atoms with Gasteiger partial charge >= 0.3 is 5.97 Å². The van der Waals surface area contributed by atoms with E-state index >= 15 is 0 Å². The van der Waals surface area contributed by atoms with Crippen molar-refractivity contribution in [3.05, 3.63) is 29.1 Å².